The number of benzene rings is 2. The van der Waals surface area contributed by atoms with Crippen LogP contribution in [0.3, 0.4) is 0 Å². The molecule has 2 aromatic heterocycles. The van der Waals surface area contributed by atoms with Crippen LogP contribution >= 0.6 is 11.3 Å². The van der Waals surface area contributed by atoms with E-state index in [9.17, 15) is 10.1 Å². The van der Waals surface area contributed by atoms with E-state index in [-0.39, 0.29) is 5.69 Å². The number of aryl methyl sites for hydroxylation is 1. The Morgan fingerprint density at radius 1 is 1.23 bits per heavy atom. The second kappa shape index (κ2) is 6.61. The van der Waals surface area contributed by atoms with Crippen LogP contribution in [-0.2, 0) is 6.61 Å². The summed E-state index contributed by atoms with van der Waals surface area (Å²) in [7, 11) is 0. The molecule has 7 heteroatoms. The van der Waals surface area contributed by atoms with Crippen molar-refractivity contribution < 1.29 is 9.66 Å². The molecule has 0 saturated heterocycles. The molecule has 26 heavy (non-hydrogen) atoms. The number of thiazole rings is 1. The zero-order chi connectivity index (χ0) is 18.1. The summed E-state index contributed by atoms with van der Waals surface area (Å²) in [6.07, 6.45) is 4.00. The standard InChI is InChI=1S/C19H15N3O3S/c1-13-10-15(17-11-21-8-9-26-19(21)20-17)4-7-18(13)25-12-14-2-5-16(6-3-14)22(23)24/h2-11H,12H2,1H3. The third-order valence-electron chi connectivity index (χ3n) is 4.11. The summed E-state index contributed by atoms with van der Waals surface area (Å²) in [4.78, 5) is 15.9. The van der Waals surface area contributed by atoms with Gasteiger partial charge in [0.15, 0.2) is 4.96 Å². The average molecular weight is 365 g/mol. The predicted molar refractivity (Wildman–Crippen MR) is 101 cm³/mol. The fourth-order valence-corrected chi connectivity index (χ4v) is 3.41. The van der Waals surface area contributed by atoms with Gasteiger partial charge in [0, 0.05) is 35.5 Å². The molecule has 0 aliphatic heterocycles. The Bertz CT molecular complexity index is 1050. The quantitative estimate of drug-likeness (QED) is 0.374. The molecule has 0 fully saturated rings. The molecule has 0 atom stereocenters. The molecule has 0 aliphatic rings. The van der Waals surface area contributed by atoms with E-state index in [1.165, 1.54) is 12.1 Å². The lowest BCUT2D eigenvalue weighted by Crippen LogP contribution is -1.97. The number of non-ortho nitro benzene ring substituents is 1. The van der Waals surface area contributed by atoms with Gasteiger partial charge in [0.25, 0.3) is 5.69 Å². The second-order valence-electron chi connectivity index (χ2n) is 5.91. The van der Waals surface area contributed by atoms with Crippen molar-refractivity contribution in [3.63, 3.8) is 0 Å². The molecule has 0 radical (unpaired) electrons. The first-order valence-corrected chi connectivity index (χ1v) is 8.87. The van der Waals surface area contributed by atoms with Crippen LogP contribution in [0.5, 0.6) is 5.75 Å². The third-order valence-corrected chi connectivity index (χ3v) is 4.88. The number of nitro benzene ring substituents is 1. The predicted octanol–water partition coefficient (Wildman–Crippen LogP) is 4.86. The molecule has 2 aromatic carbocycles. The minimum absolute atomic E-state index is 0.0780. The number of imidazole rings is 1. The minimum atomic E-state index is -0.409. The van der Waals surface area contributed by atoms with E-state index in [4.69, 9.17) is 4.74 Å². The smallest absolute Gasteiger partial charge is 0.269 e. The highest BCUT2D eigenvalue weighted by atomic mass is 32.1. The van der Waals surface area contributed by atoms with E-state index in [2.05, 4.69) is 11.1 Å². The monoisotopic (exact) mass is 365 g/mol. The molecular formula is C19H15N3O3S. The molecule has 0 bridgehead atoms. The Labute approximate surface area is 153 Å². The summed E-state index contributed by atoms with van der Waals surface area (Å²) in [5.74, 6) is 0.785. The van der Waals surface area contributed by atoms with Gasteiger partial charge in [-0.2, -0.15) is 0 Å². The topological polar surface area (TPSA) is 69.7 Å². The summed E-state index contributed by atoms with van der Waals surface area (Å²) < 4.78 is 7.87. The summed E-state index contributed by atoms with van der Waals surface area (Å²) in [5, 5.41) is 12.7. The molecule has 4 aromatic rings. The van der Waals surface area contributed by atoms with Gasteiger partial charge < -0.3 is 4.74 Å². The molecule has 6 nitrogen and oxygen atoms in total. The molecule has 4 rings (SSSR count). The minimum Gasteiger partial charge on any atom is -0.489 e. The Balaban J connectivity index is 1.49. The van der Waals surface area contributed by atoms with Gasteiger partial charge in [0.2, 0.25) is 0 Å². The fraction of sp³-hybridized carbons (Fsp3) is 0.105. The molecule has 0 N–H and O–H groups in total. The van der Waals surface area contributed by atoms with Crippen molar-refractivity contribution in [3.05, 3.63) is 81.5 Å². The Kier molecular flexibility index (Phi) is 4.14. The molecule has 0 unspecified atom stereocenters. The van der Waals surface area contributed by atoms with Gasteiger partial charge in [-0.1, -0.05) is 0 Å². The van der Waals surface area contributed by atoms with E-state index in [0.717, 1.165) is 33.1 Å². The lowest BCUT2D eigenvalue weighted by Gasteiger charge is -2.10. The second-order valence-corrected chi connectivity index (χ2v) is 6.78. The lowest BCUT2D eigenvalue weighted by atomic mass is 10.1. The molecule has 0 aliphatic carbocycles. The summed E-state index contributed by atoms with van der Waals surface area (Å²) in [6, 6.07) is 12.4. The maximum Gasteiger partial charge on any atom is 0.269 e. The van der Waals surface area contributed by atoms with Gasteiger partial charge in [-0.15, -0.1) is 11.3 Å². The Morgan fingerprint density at radius 2 is 2.04 bits per heavy atom. The van der Waals surface area contributed by atoms with E-state index in [1.807, 2.05) is 41.2 Å². The number of nitrogens with zero attached hydrogens (tertiary/aromatic N) is 3. The van der Waals surface area contributed by atoms with E-state index < -0.39 is 4.92 Å². The van der Waals surface area contributed by atoms with Crippen LogP contribution in [0.2, 0.25) is 0 Å². The molecule has 0 saturated carbocycles. The van der Waals surface area contributed by atoms with Crippen LogP contribution in [0.1, 0.15) is 11.1 Å². The van der Waals surface area contributed by atoms with Crippen molar-refractivity contribution >= 4 is 22.0 Å². The number of aromatic nitrogens is 2. The van der Waals surface area contributed by atoms with Crippen LogP contribution in [0, 0.1) is 17.0 Å². The largest absolute Gasteiger partial charge is 0.489 e. The number of nitro groups is 1. The first-order chi connectivity index (χ1) is 12.6. The first-order valence-electron chi connectivity index (χ1n) is 7.99. The number of rotatable bonds is 5. The van der Waals surface area contributed by atoms with Crippen LogP contribution in [0.15, 0.2) is 60.2 Å². The highest BCUT2D eigenvalue weighted by molar-refractivity contribution is 7.15. The van der Waals surface area contributed by atoms with Gasteiger partial charge in [-0.3, -0.25) is 14.5 Å². The van der Waals surface area contributed by atoms with Crippen molar-refractivity contribution in [1.82, 2.24) is 9.38 Å². The van der Waals surface area contributed by atoms with Gasteiger partial charge in [0.1, 0.15) is 12.4 Å². The molecular weight excluding hydrogens is 350 g/mol. The van der Waals surface area contributed by atoms with Crippen molar-refractivity contribution in [3.8, 4) is 17.0 Å². The highest BCUT2D eigenvalue weighted by Crippen LogP contribution is 2.27. The van der Waals surface area contributed by atoms with Gasteiger partial charge in [-0.25, -0.2) is 4.98 Å². The van der Waals surface area contributed by atoms with E-state index in [0.29, 0.717) is 6.61 Å². The lowest BCUT2D eigenvalue weighted by molar-refractivity contribution is -0.384. The van der Waals surface area contributed by atoms with Gasteiger partial charge >= 0.3 is 0 Å². The summed E-state index contributed by atoms with van der Waals surface area (Å²) in [6.45, 7) is 2.35. The highest BCUT2D eigenvalue weighted by Gasteiger charge is 2.09. The zero-order valence-corrected chi connectivity index (χ0v) is 14.8. The van der Waals surface area contributed by atoms with Crippen LogP contribution in [0.25, 0.3) is 16.2 Å². The summed E-state index contributed by atoms with van der Waals surface area (Å²) >= 11 is 1.60. The fourth-order valence-electron chi connectivity index (χ4n) is 2.71. The molecule has 0 spiro atoms. The SMILES string of the molecule is Cc1cc(-c2cn3ccsc3n2)ccc1OCc1ccc([N+](=O)[O-])cc1. The van der Waals surface area contributed by atoms with Crippen LogP contribution in [0.4, 0.5) is 5.69 Å². The molecule has 0 amide bonds. The van der Waals surface area contributed by atoms with E-state index in [1.54, 1.807) is 23.5 Å². The normalized spacial score (nSPS) is 11.0. The number of hydrogen-bond acceptors (Lipinski definition) is 5. The third kappa shape index (κ3) is 3.16. The average Bonchev–Trinajstić information content (AvgIpc) is 3.23. The maximum absolute atomic E-state index is 10.7. The summed E-state index contributed by atoms with van der Waals surface area (Å²) in [5.41, 5.74) is 3.95. The molecule has 130 valence electrons. The van der Waals surface area contributed by atoms with Gasteiger partial charge in [-0.05, 0) is 48.4 Å². The number of hydrogen-bond donors (Lipinski definition) is 0. The first kappa shape index (κ1) is 16.3. The van der Waals surface area contributed by atoms with Gasteiger partial charge in [0.05, 0.1) is 10.6 Å². The van der Waals surface area contributed by atoms with Crippen LogP contribution < -0.4 is 4.74 Å². The van der Waals surface area contributed by atoms with Crippen molar-refractivity contribution in [2.75, 3.05) is 0 Å². The van der Waals surface area contributed by atoms with E-state index >= 15 is 0 Å². The van der Waals surface area contributed by atoms with Crippen molar-refractivity contribution in [2.24, 2.45) is 0 Å². The Morgan fingerprint density at radius 3 is 2.73 bits per heavy atom. The van der Waals surface area contributed by atoms with Crippen molar-refractivity contribution in [1.29, 1.82) is 0 Å². The Hall–Kier alpha value is -3.19. The van der Waals surface area contributed by atoms with Crippen LogP contribution in [-0.4, -0.2) is 14.3 Å². The van der Waals surface area contributed by atoms with Crippen molar-refractivity contribution in [2.45, 2.75) is 13.5 Å². The maximum atomic E-state index is 10.7. The number of fused-ring (bicyclic) bond motifs is 1. The molecule has 2 heterocycles. The zero-order valence-electron chi connectivity index (χ0n) is 14.0. The number of ether oxygens (including phenoxy) is 1.